The summed E-state index contributed by atoms with van der Waals surface area (Å²) in [4.78, 5) is 4.37. The van der Waals surface area contributed by atoms with Crippen LogP contribution in [0.25, 0.3) is 0 Å². The number of hydrogen-bond donors (Lipinski definition) is 1. The average Bonchev–Trinajstić information content (AvgIpc) is 2.72. The van der Waals surface area contributed by atoms with Gasteiger partial charge in [0.1, 0.15) is 12.4 Å². The minimum Gasteiger partial charge on any atom is -0.486 e. The van der Waals surface area contributed by atoms with E-state index in [1.807, 2.05) is 26.1 Å². The van der Waals surface area contributed by atoms with Gasteiger partial charge in [0.2, 0.25) is 0 Å². The number of nitrogens with one attached hydrogen (secondary N) is 1. The van der Waals surface area contributed by atoms with Crippen LogP contribution in [0.1, 0.15) is 30.4 Å². The molecule has 0 atom stereocenters. The zero-order valence-corrected chi connectivity index (χ0v) is 13.4. The molecule has 0 aliphatic carbocycles. The van der Waals surface area contributed by atoms with Gasteiger partial charge in [-0.05, 0) is 32.0 Å². The second-order valence-corrected chi connectivity index (χ2v) is 5.30. The van der Waals surface area contributed by atoms with Crippen molar-refractivity contribution in [2.75, 3.05) is 6.54 Å². The van der Waals surface area contributed by atoms with Crippen LogP contribution in [0.4, 0.5) is 0 Å². The van der Waals surface area contributed by atoms with E-state index in [2.05, 4.69) is 22.3 Å². The molecule has 0 unspecified atom stereocenters. The van der Waals surface area contributed by atoms with Gasteiger partial charge in [0.15, 0.2) is 0 Å². The van der Waals surface area contributed by atoms with E-state index in [-0.39, 0.29) is 0 Å². The molecule has 0 saturated carbocycles. The number of hydrogen-bond acceptors (Lipinski definition) is 4. The molecule has 0 bridgehead atoms. The fraction of sp³-hybridized carbons (Fsp3) is 0.467. The number of aryl methyl sites for hydroxylation is 2. The molecule has 0 aromatic carbocycles. The number of halogens is 1. The van der Waals surface area contributed by atoms with E-state index in [1.54, 1.807) is 10.9 Å². The summed E-state index contributed by atoms with van der Waals surface area (Å²) in [5, 5.41) is 8.23. The summed E-state index contributed by atoms with van der Waals surface area (Å²) < 4.78 is 7.46. The van der Waals surface area contributed by atoms with E-state index < -0.39 is 0 Å². The summed E-state index contributed by atoms with van der Waals surface area (Å²) in [6, 6.07) is 3.89. The van der Waals surface area contributed by atoms with Crippen LogP contribution in [0, 0.1) is 6.92 Å². The van der Waals surface area contributed by atoms with Crippen LogP contribution < -0.4 is 10.1 Å². The van der Waals surface area contributed by atoms with Crippen LogP contribution in [-0.4, -0.2) is 21.3 Å². The quantitative estimate of drug-likeness (QED) is 0.799. The lowest BCUT2D eigenvalue weighted by Gasteiger charge is -2.08. The summed E-state index contributed by atoms with van der Waals surface area (Å²) in [6.07, 6.45) is 2.85. The lowest BCUT2D eigenvalue weighted by Crippen LogP contribution is -2.14. The molecule has 2 rings (SSSR count). The first-order chi connectivity index (χ1) is 10.1. The second kappa shape index (κ2) is 7.43. The predicted octanol–water partition coefficient (Wildman–Crippen LogP) is 2.86. The standard InChI is InChI=1S/C15H21ClN4O/c1-4-7-17-8-12-5-6-13(9-18-12)21-10-14-15(16)11(2)19-20(14)3/h5-6,9,17H,4,7-8,10H2,1-3H3. The van der Waals surface area contributed by atoms with Gasteiger partial charge in [-0.15, -0.1) is 0 Å². The fourth-order valence-electron chi connectivity index (χ4n) is 1.98. The van der Waals surface area contributed by atoms with Gasteiger partial charge in [-0.1, -0.05) is 18.5 Å². The Morgan fingerprint density at radius 1 is 1.38 bits per heavy atom. The second-order valence-electron chi connectivity index (χ2n) is 4.92. The third-order valence-electron chi connectivity index (χ3n) is 3.17. The number of aromatic nitrogens is 3. The molecule has 2 heterocycles. The molecule has 0 aliphatic heterocycles. The van der Waals surface area contributed by atoms with E-state index in [0.717, 1.165) is 42.3 Å². The van der Waals surface area contributed by atoms with E-state index in [1.165, 1.54) is 0 Å². The zero-order valence-electron chi connectivity index (χ0n) is 12.7. The molecule has 1 N–H and O–H groups in total. The van der Waals surface area contributed by atoms with Crippen molar-refractivity contribution in [3.8, 4) is 5.75 Å². The molecule has 114 valence electrons. The maximum atomic E-state index is 6.19. The van der Waals surface area contributed by atoms with Gasteiger partial charge in [-0.3, -0.25) is 9.67 Å². The highest BCUT2D eigenvalue weighted by Crippen LogP contribution is 2.21. The number of rotatable bonds is 7. The highest BCUT2D eigenvalue weighted by molar-refractivity contribution is 6.31. The van der Waals surface area contributed by atoms with Gasteiger partial charge in [-0.25, -0.2) is 0 Å². The first kappa shape index (κ1) is 15.8. The Kier molecular flexibility index (Phi) is 5.59. The maximum absolute atomic E-state index is 6.19. The van der Waals surface area contributed by atoms with Crippen molar-refractivity contribution in [1.82, 2.24) is 20.1 Å². The Labute approximate surface area is 130 Å². The largest absolute Gasteiger partial charge is 0.486 e. The monoisotopic (exact) mass is 308 g/mol. The third-order valence-corrected chi connectivity index (χ3v) is 3.66. The fourth-order valence-corrected chi connectivity index (χ4v) is 2.20. The summed E-state index contributed by atoms with van der Waals surface area (Å²) in [7, 11) is 1.86. The van der Waals surface area contributed by atoms with Gasteiger partial charge >= 0.3 is 0 Å². The molecule has 0 fully saturated rings. The van der Waals surface area contributed by atoms with Crippen molar-refractivity contribution >= 4 is 11.6 Å². The minimum atomic E-state index is 0.380. The van der Waals surface area contributed by atoms with Crippen LogP contribution in [0.15, 0.2) is 18.3 Å². The van der Waals surface area contributed by atoms with Gasteiger partial charge in [-0.2, -0.15) is 5.10 Å². The van der Waals surface area contributed by atoms with E-state index in [9.17, 15) is 0 Å². The molecule has 21 heavy (non-hydrogen) atoms. The smallest absolute Gasteiger partial charge is 0.138 e. The lowest BCUT2D eigenvalue weighted by atomic mass is 10.3. The molecule has 0 radical (unpaired) electrons. The Morgan fingerprint density at radius 2 is 2.19 bits per heavy atom. The molecule has 2 aromatic rings. The van der Waals surface area contributed by atoms with E-state index >= 15 is 0 Å². The van der Waals surface area contributed by atoms with Gasteiger partial charge in [0.05, 0.1) is 28.3 Å². The average molecular weight is 309 g/mol. The maximum Gasteiger partial charge on any atom is 0.138 e. The molecule has 2 aromatic heterocycles. The van der Waals surface area contributed by atoms with Crippen molar-refractivity contribution in [2.24, 2.45) is 7.05 Å². The number of pyridine rings is 1. The number of ether oxygens (including phenoxy) is 1. The Morgan fingerprint density at radius 3 is 2.76 bits per heavy atom. The van der Waals surface area contributed by atoms with Crippen LogP contribution in [0.3, 0.4) is 0 Å². The van der Waals surface area contributed by atoms with Crippen molar-refractivity contribution in [1.29, 1.82) is 0 Å². The molecule has 0 spiro atoms. The summed E-state index contributed by atoms with van der Waals surface area (Å²) in [5.41, 5.74) is 2.68. The third kappa shape index (κ3) is 4.19. The molecule has 0 saturated heterocycles. The summed E-state index contributed by atoms with van der Waals surface area (Å²) in [5.74, 6) is 0.726. The minimum absolute atomic E-state index is 0.380. The Bertz CT molecular complexity index is 580. The SMILES string of the molecule is CCCNCc1ccc(OCc2c(Cl)c(C)nn2C)cn1. The topological polar surface area (TPSA) is 52.0 Å². The van der Waals surface area contributed by atoms with E-state index in [4.69, 9.17) is 16.3 Å². The zero-order chi connectivity index (χ0) is 15.2. The highest BCUT2D eigenvalue weighted by atomic mass is 35.5. The molecule has 6 heteroatoms. The molecule has 0 aliphatic rings. The van der Waals surface area contributed by atoms with Crippen molar-refractivity contribution in [3.63, 3.8) is 0 Å². The van der Waals surface area contributed by atoms with Crippen molar-refractivity contribution in [3.05, 3.63) is 40.4 Å². The highest BCUT2D eigenvalue weighted by Gasteiger charge is 2.11. The molecule has 5 nitrogen and oxygen atoms in total. The van der Waals surface area contributed by atoms with E-state index in [0.29, 0.717) is 11.6 Å². The van der Waals surface area contributed by atoms with Crippen molar-refractivity contribution in [2.45, 2.75) is 33.4 Å². The Balaban J connectivity index is 1.91. The van der Waals surface area contributed by atoms with Gasteiger partial charge in [0, 0.05) is 13.6 Å². The molecule has 0 amide bonds. The predicted molar refractivity (Wildman–Crippen MR) is 83.5 cm³/mol. The first-order valence-corrected chi connectivity index (χ1v) is 7.46. The van der Waals surface area contributed by atoms with Crippen LogP contribution in [0.2, 0.25) is 5.02 Å². The summed E-state index contributed by atoms with van der Waals surface area (Å²) >= 11 is 6.19. The number of nitrogens with zero attached hydrogens (tertiary/aromatic N) is 3. The first-order valence-electron chi connectivity index (χ1n) is 7.08. The van der Waals surface area contributed by atoms with Gasteiger partial charge in [0.25, 0.3) is 0 Å². The van der Waals surface area contributed by atoms with Crippen molar-refractivity contribution < 1.29 is 4.74 Å². The van der Waals surface area contributed by atoms with Crippen LogP contribution in [-0.2, 0) is 20.2 Å². The molecular formula is C15H21ClN4O. The van der Waals surface area contributed by atoms with Crippen LogP contribution in [0.5, 0.6) is 5.75 Å². The van der Waals surface area contributed by atoms with Crippen LogP contribution >= 0.6 is 11.6 Å². The van der Waals surface area contributed by atoms with Gasteiger partial charge < -0.3 is 10.1 Å². The lowest BCUT2D eigenvalue weighted by molar-refractivity contribution is 0.293. The molecular weight excluding hydrogens is 288 g/mol. The normalized spacial score (nSPS) is 10.9. The summed E-state index contributed by atoms with van der Waals surface area (Å²) in [6.45, 7) is 6.18. The Hall–Kier alpha value is -1.59.